The molecule has 12 nitrogen and oxygen atoms in total. The molecule has 0 atom stereocenters. The van der Waals surface area contributed by atoms with Crippen molar-refractivity contribution >= 4 is 21.8 Å². The van der Waals surface area contributed by atoms with Crippen molar-refractivity contribution in [2.24, 2.45) is 0 Å². The molecule has 0 aliphatic heterocycles. The quantitative estimate of drug-likeness (QED) is 0.159. The number of carbonyl (C=O) groups excluding carboxylic acids is 1. The molecule has 5 rings (SSSR count). The van der Waals surface area contributed by atoms with Crippen molar-refractivity contribution in [3.05, 3.63) is 108 Å². The van der Waals surface area contributed by atoms with E-state index < -0.39 is 22.6 Å². The molecule has 47 heavy (non-hydrogen) atoms. The minimum absolute atomic E-state index is 0.0168. The van der Waals surface area contributed by atoms with Gasteiger partial charge in [0.15, 0.2) is 29.7 Å². The zero-order chi connectivity index (χ0) is 33.4. The summed E-state index contributed by atoms with van der Waals surface area (Å²) in [6.07, 6.45) is 2.96. The van der Waals surface area contributed by atoms with Crippen LogP contribution in [0.5, 0.6) is 23.1 Å². The molecule has 13 heteroatoms. The molecule has 0 radical (unpaired) electrons. The number of methoxy groups -OCH3 is 1. The number of hydrogen-bond acceptors (Lipinski definition) is 11. The van der Waals surface area contributed by atoms with Crippen molar-refractivity contribution in [1.82, 2.24) is 19.9 Å². The van der Waals surface area contributed by atoms with Gasteiger partial charge in [-0.3, -0.25) is 4.72 Å². The van der Waals surface area contributed by atoms with Crippen LogP contribution >= 0.6 is 0 Å². The Morgan fingerprint density at radius 1 is 0.809 bits per heavy atom. The Morgan fingerprint density at radius 2 is 1.47 bits per heavy atom. The second-order valence-corrected chi connectivity index (χ2v) is 12.9. The Balaban J connectivity index is 1.56. The lowest BCUT2D eigenvalue weighted by Gasteiger charge is -2.20. The first-order valence-electron chi connectivity index (χ1n) is 14.5. The third-order valence-electron chi connectivity index (χ3n) is 6.71. The first kappa shape index (κ1) is 32.8. The lowest BCUT2D eigenvalue weighted by atomic mass is 9.87. The molecule has 242 valence electrons. The van der Waals surface area contributed by atoms with Gasteiger partial charge in [0.05, 0.1) is 12.0 Å². The molecule has 0 spiro atoms. The molecule has 0 saturated carbocycles. The summed E-state index contributed by atoms with van der Waals surface area (Å²) in [5, 5.41) is 0. The molecule has 0 amide bonds. The van der Waals surface area contributed by atoms with Gasteiger partial charge in [-0.15, -0.1) is 0 Å². The Bertz CT molecular complexity index is 1930. The fourth-order valence-electron chi connectivity index (χ4n) is 4.24. The van der Waals surface area contributed by atoms with Gasteiger partial charge in [-0.25, -0.2) is 28.2 Å². The lowest BCUT2D eigenvalue weighted by Crippen LogP contribution is -2.19. The molecular weight excluding hydrogens is 622 g/mol. The standard InChI is InChI=1S/C34H33N5O7S/c1-34(2,3)24-15-17-25(18-16-24)47(41,42)39-30-29(46-27-14-9-8-13-26(27)43-4)33(38-32(37-30)31-35-19-10-20-36-31)45-22-28(40)44-21-23-11-6-5-7-12-23/h5-20H,21-22H2,1-4H3,(H,37,38,39). The maximum Gasteiger partial charge on any atom is 0.344 e. The summed E-state index contributed by atoms with van der Waals surface area (Å²) < 4.78 is 52.8. The van der Waals surface area contributed by atoms with Gasteiger partial charge in [-0.05, 0) is 46.9 Å². The van der Waals surface area contributed by atoms with Crippen LogP contribution in [0.4, 0.5) is 5.82 Å². The average Bonchev–Trinajstić information content (AvgIpc) is 3.08. The summed E-state index contributed by atoms with van der Waals surface area (Å²) in [5.74, 6) is -0.980. The molecule has 2 heterocycles. The SMILES string of the molecule is COc1ccccc1Oc1c(NS(=O)(=O)c2ccc(C(C)(C)C)cc2)nc(-c2ncccn2)nc1OCC(=O)OCc1ccccc1. The number of nitrogens with zero attached hydrogens (tertiary/aromatic N) is 4. The molecule has 0 unspecified atom stereocenters. The monoisotopic (exact) mass is 655 g/mol. The molecular formula is C34H33N5O7S. The van der Waals surface area contributed by atoms with Crippen LogP contribution in [-0.4, -0.2) is 48.0 Å². The van der Waals surface area contributed by atoms with E-state index in [1.54, 1.807) is 42.5 Å². The van der Waals surface area contributed by atoms with Crippen molar-refractivity contribution in [2.45, 2.75) is 37.7 Å². The van der Waals surface area contributed by atoms with Gasteiger partial charge in [0, 0.05) is 12.4 Å². The summed E-state index contributed by atoms with van der Waals surface area (Å²) in [7, 11) is -2.77. The van der Waals surface area contributed by atoms with Crippen molar-refractivity contribution < 1.29 is 32.2 Å². The summed E-state index contributed by atoms with van der Waals surface area (Å²) in [6, 6.07) is 24.0. The number of hydrogen-bond donors (Lipinski definition) is 1. The zero-order valence-electron chi connectivity index (χ0n) is 26.2. The number of esters is 1. The number of ether oxygens (including phenoxy) is 4. The highest BCUT2D eigenvalue weighted by Gasteiger charge is 2.27. The second-order valence-electron chi connectivity index (χ2n) is 11.2. The molecule has 2 aromatic heterocycles. The molecule has 5 aromatic rings. The number of anilines is 1. The van der Waals surface area contributed by atoms with E-state index in [9.17, 15) is 13.2 Å². The predicted octanol–water partition coefficient (Wildman–Crippen LogP) is 5.96. The van der Waals surface area contributed by atoms with E-state index in [1.807, 2.05) is 51.1 Å². The maximum atomic E-state index is 13.7. The highest BCUT2D eigenvalue weighted by Crippen LogP contribution is 2.41. The van der Waals surface area contributed by atoms with E-state index in [0.29, 0.717) is 5.75 Å². The molecule has 0 aliphatic carbocycles. The highest BCUT2D eigenvalue weighted by atomic mass is 32.2. The Kier molecular flexibility index (Phi) is 9.95. The minimum atomic E-state index is -4.23. The molecule has 0 saturated heterocycles. The average molecular weight is 656 g/mol. The first-order valence-corrected chi connectivity index (χ1v) is 16.0. The topological polar surface area (TPSA) is 152 Å². The van der Waals surface area contributed by atoms with Crippen LogP contribution in [0.3, 0.4) is 0 Å². The lowest BCUT2D eigenvalue weighted by molar-refractivity contribution is -0.147. The van der Waals surface area contributed by atoms with Crippen molar-refractivity contribution in [3.8, 4) is 34.8 Å². The van der Waals surface area contributed by atoms with Gasteiger partial charge in [0.25, 0.3) is 15.9 Å². The Hall–Kier alpha value is -5.56. The van der Waals surface area contributed by atoms with Crippen LogP contribution in [0.15, 0.2) is 102 Å². The van der Waals surface area contributed by atoms with Crippen molar-refractivity contribution in [2.75, 3.05) is 18.4 Å². The Morgan fingerprint density at radius 3 is 2.13 bits per heavy atom. The number of aromatic nitrogens is 4. The smallest absolute Gasteiger partial charge is 0.344 e. The summed E-state index contributed by atoms with van der Waals surface area (Å²) in [5.41, 5.74) is 1.56. The van der Waals surface area contributed by atoms with Crippen molar-refractivity contribution in [3.63, 3.8) is 0 Å². The largest absolute Gasteiger partial charge is 0.493 e. The summed E-state index contributed by atoms with van der Waals surface area (Å²) in [6.45, 7) is 5.54. The van der Waals surface area contributed by atoms with E-state index in [-0.39, 0.29) is 51.8 Å². The Labute approximate surface area is 272 Å². The first-order chi connectivity index (χ1) is 22.5. The third kappa shape index (κ3) is 8.38. The number of sulfonamides is 1. The minimum Gasteiger partial charge on any atom is -0.493 e. The highest BCUT2D eigenvalue weighted by molar-refractivity contribution is 7.92. The van der Waals surface area contributed by atoms with Gasteiger partial charge in [-0.2, -0.15) is 4.98 Å². The van der Waals surface area contributed by atoms with E-state index in [0.717, 1.165) is 11.1 Å². The summed E-state index contributed by atoms with van der Waals surface area (Å²) >= 11 is 0. The number of benzene rings is 3. The van der Waals surface area contributed by atoms with Gasteiger partial charge in [0.2, 0.25) is 11.6 Å². The van der Waals surface area contributed by atoms with E-state index in [4.69, 9.17) is 18.9 Å². The van der Waals surface area contributed by atoms with Gasteiger partial charge in [0.1, 0.15) is 6.61 Å². The van der Waals surface area contributed by atoms with Crippen LogP contribution in [0.25, 0.3) is 11.6 Å². The van der Waals surface area contributed by atoms with Gasteiger partial charge < -0.3 is 18.9 Å². The molecule has 0 fully saturated rings. The van der Waals surface area contributed by atoms with E-state index in [2.05, 4.69) is 24.7 Å². The molecule has 1 N–H and O–H groups in total. The van der Waals surface area contributed by atoms with Crippen LogP contribution in [-0.2, 0) is 31.6 Å². The van der Waals surface area contributed by atoms with E-state index in [1.165, 1.54) is 31.6 Å². The molecule has 3 aromatic carbocycles. The summed E-state index contributed by atoms with van der Waals surface area (Å²) in [4.78, 5) is 30.0. The number of nitrogens with one attached hydrogen (secondary N) is 1. The van der Waals surface area contributed by atoms with Crippen molar-refractivity contribution in [1.29, 1.82) is 0 Å². The number of para-hydroxylation sites is 2. The van der Waals surface area contributed by atoms with Gasteiger partial charge in [-0.1, -0.05) is 75.4 Å². The zero-order valence-corrected chi connectivity index (χ0v) is 27.0. The maximum absolute atomic E-state index is 13.7. The van der Waals surface area contributed by atoms with Crippen LogP contribution in [0.1, 0.15) is 31.9 Å². The number of carbonyl (C=O) groups is 1. The van der Waals surface area contributed by atoms with Crippen LogP contribution < -0.4 is 18.9 Å². The molecule has 0 aliphatic rings. The van der Waals surface area contributed by atoms with Crippen LogP contribution in [0.2, 0.25) is 0 Å². The van der Waals surface area contributed by atoms with Crippen LogP contribution in [0, 0.1) is 0 Å². The normalized spacial score (nSPS) is 11.4. The predicted molar refractivity (Wildman–Crippen MR) is 174 cm³/mol. The second kappa shape index (κ2) is 14.3. The third-order valence-corrected chi connectivity index (χ3v) is 8.07. The fourth-order valence-corrected chi connectivity index (χ4v) is 5.25. The van der Waals surface area contributed by atoms with E-state index >= 15 is 0 Å². The molecule has 0 bridgehead atoms. The van der Waals surface area contributed by atoms with Gasteiger partial charge >= 0.3 is 5.97 Å². The fraction of sp³-hybridized carbons (Fsp3) is 0.206. The number of rotatable bonds is 12.